The molecule has 3 aromatic rings. The molecule has 0 aliphatic heterocycles. The van der Waals surface area contributed by atoms with Gasteiger partial charge in [-0.15, -0.1) is 0 Å². The highest BCUT2D eigenvalue weighted by Gasteiger charge is 2.10. The molecule has 3 rings (SSSR count). The number of fused-ring (bicyclic) bond motifs is 1. The molecule has 0 unspecified atom stereocenters. The molecule has 0 fully saturated rings. The van der Waals surface area contributed by atoms with Crippen LogP contribution in [0, 0.1) is 0 Å². The van der Waals surface area contributed by atoms with Gasteiger partial charge in [0.2, 0.25) is 0 Å². The smallest absolute Gasteiger partial charge is 0.150 e. The van der Waals surface area contributed by atoms with Crippen LogP contribution in [-0.4, -0.2) is 0 Å². The summed E-state index contributed by atoms with van der Waals surface area (Å²) in [6.45, 7) is 1.94. The largest absolute Gasteiger partial charge is 0.454 e. The van der Waals surface area contributed by atoms with Gasteiger partial charge in [-0.2, -0.15) is 0 Å². The standard InChI is InChI=1S/C17H14BrNO/c1-2-4-16-17(19)14-10-12(7-8-15(14)20-16)11-5-3-6-13(18)9-11/h2-10H,19H2,1H3/b4-2-. The average molecular weight is 328 g/mol. The molecule has 0 radical (unpaired) electrons. The summed E-state index contributed by atoms with van der Waals surface area (Å²) < 4.78 is 6.79. The van der Waals surface area contributed by atoms with Crippen LogP contribution in [0.25, 0.3) is 28.2 Å². The third-order valence-electron chi connectivity index (χ3n) is 3.23. The Morgan fingerprint density at radius 1 is 1.10 bits per heavy atom. The van der Waals surface area contributed by atoms with Crippen molar-refractivity contribution >= 4 is 38.7 Å². The minimum absolute atomic E-state index is 0.690. The Hall–Kier alpha value is -2.00. The first-order valence-corrected chi connectivity index (χ1v) is 7.19. The SMILES string of the molecule is C/C=C\c1oc2ccc(-c3cccc(Br)c3)cc2c1N. The molecule has 1 heterocycles. The lowest BCUT2D eigenvalue weighted by atomic mass is 10.0. The number of benzene rings is 2. The minimum atomic E-state index is 0.690. The molecule has 20 heavy (non-hydrogen) atoms. The van der Waals surface area contributed by atoms with E-state index in [-0.39, 0.29) is 0 Å². The van der Waals surface area contributed by atoms with E-state index in [2.05, 4.69) is 34.1 Å². The Bertz CT molecular complexity index is 802. The van der Waals surface area contributed by atoms with E-state index in [0.717, 1.165) is 26.6 Å². The monoisotopic (exact) mass is 327 g/mol. The van der Waals surface area contributed by atoms with E-state index in [1.807, 2.05) is 43.3 Å². The van der Waals surface area contributed by atoms with Gasteiger partial charge in [-0.05, 0) is 48.4 Å². The fraction of sp³-hybridized carbons (Fsp3) is 0.0588. The molecule has 2 N–H and O–H groups in total. The summed E-state index contributed by atoms with van der Waals surface area (Å²) in [6.07, 6.45) is 3.80. The first-order valence-electron chi connectivity index (χ1n) is 6.39. The van der Waals surface area contributed by atoms with Crippen molar-refractivity contribution in [2.45, 2.75) is 6.92 Å². The van der Waals surface area contributed by atoms with E-state index in [1.165, 1.54) is 0 Å². The number of nitrogens with two attached hydrogens (primary N) is 1. The van der Waals surface area contributed by atoms with Crippen molar-refractivity contribution in [1.82, 2.24) is 0 Å². The number of rotatable bonds is 2. The summed E-state index contributed by atoms with van der Waals surface area (Å²) >= 11 is 3.50. The van der Waals surface area contributed by atoms with Gasteiger partial charge in [0.05, 0.1) is 5.69 Å². The first-order chi connectivity index (χ1) is 9.69. The maximum Gasteiger partial charge on any atom is 0.150 e. The van der Waals surface area contributed by atoms with Gasteiger partial charge in [-0.3, -0.25) is 0 Å². The lowest BCUT2D eigenvalue weighted by Gasteiger charge is -2.02. The summed E-state index contributed by atoms with van der Waals surface area (Å²) in [4.78, 5) is 0. The van der Waals surface area contributed by atoms with Gasteiger partial charge in [0.1, 0.15) is 5.58 Å². The summed E-state index contributed by atoms with van der Waals surface area (Å²) in [6, 6.07) is 14.3. The van der Waals surface area contributed by atoms with Crippen LogP contribution in [0.15, 0.2) is 57.4 Å². The van der Waals surface area contributed by atoms with Gasteiger partial charge in [0, 0.05) is 9.86 Å². The van der Waals surface area contributed by atoms with E-state index >= 15 is 0 Å². The van der Waals surface area contributed by atoms with Crippen LogP contribution in [0.2, 0.25) is 0 Å². The van der Waals surface area contributed by atoms with Gasteiger partial charge in [-0.1, -0.05) is 40.2 Å². The molecule has 100 valence electrons. The van der Waals surface area contributed by atoms with Crippen LogP contribution in [-0.2, 0) is 0 Å². The van der Waals surface area contributed by atoms with Crippen molar-refractivity contribution in [3.8, 4) is 11.1 Å². The number of anilines is 1. The second kappa shape index (κ2) is 5.17. The molecular weight excluding hydrogens is 314 g/mol. The number of hydrogen-bond donors (Lipinski definition) is 1. The molecule has 0 aliphatic carbocycles. The molecule has 3 heteroatoms. The molecule has 0 aliphatic rings. The lowest BCUT2D eigenvalue weighted by molar-refractivity contribution is 0.606. The van der Waals surface area contributed by atoms with E-state index < -0.39 is 0 Å². The zero-order valence-corrected chi connectivity index (χ0v) is 12.6. The number of furan rings is 1. The molecule has 0 bridgehead atoms. The predicted octanol–water partition coefficient (Wildman–Crippen LogP) is 5.48. The van der Waals surface area contributed by atoms with Crippen molar-refractivity contribution in [3.63, 3.8) is 0 Å². The second-order valence-electron chi connectivity index (χ2n) is 4.60. The van der Waals surface area contributed by atoms with Gasteiger partial charge < -0.3 is 10.2 Å². The molecule has 1 aromatic heterocycles. The fourth-order valence-corrected chi connectivity index (χ4v) is 2.66. The Balaban J connectivity index is 2.17. The third kappa shape index (κ3) is 2.25. The Kier molecular flexibility index (Phi) is 3.36. The van der Waals surface area contributed by atoms with Crippen LogP contribution in [0.5, 0.6) is 0 Å². The molecule has 2 nitrogen and oxygen atoms in total. The van der Waals surface area contributed by atoms with Gasteiger partial charge >= 0.3 is 0 Å². The second-order valence-corrected chi connectivity index (χ2v) is 5.52. The zero-order valence-electron chi connectivity index (χ0n) is 11.1. The molecule has 0 saturated carbocycles. The van der Waals surface area contributed by atoms with Crippen LogP contribution in [0.1, 0.15) is 12.7 Å². The first kappa shape index (κ1) is 13.0. The highest BCUT2D eigenvalue weighted by atomic mass is 79.9. The van der Waals surface area contributed by atoms with Crippen LogP contribution in [0.4, 0.5) is 5.69 Å². The van der Waals surface area contributed by atoms with Crippen molar-refractivity contribution in [3.05, 3.63) is 58.8 Å². The highest BCUT2D eigenvalue weighted by molar-refractivity contribution is 9.10. The average Bonchev–Trinajstić information content (AvgIpc) is 2.76. The Morgan fingerprint density at radius 2 is 1.90 bits per heavy atom. The Morgan fingerprint density at radius 3 is 2.65 bits per heavy atom. The number of nitrogen functional groups attached to an aromatic ring is 1. The quantitative estimate of drug-likeness (QED) is 0.677. The van der Waals surface area contributed by atoms with Crippen molar-refractivity contribution in [2.24, 2.45) is 0 Å². The summed E-state index contributed by atoms with van der Waals surface area (Å²) in [5, 5.41) is 0.954. The van der Waals surface area contributed by atoms with E-state index in [4.69, 9.17) is 10.2 Å². The van der Waals surface area contributed by atoms with E-state index in [1.54, 1.807) is 0 Å². The molecule has 0 atom stereocenters. The van der Waals surface area contributed by atoms with E-state index in [0.29, 0.717) is 11.4 Å². The van der Waals surface area contributed by atoms with Gasteiger partial charge in [-0.25, -0.2) is 0 Å². The number of hydrogen-bond acceptors (Lipinski definition) is 2. The normalized spacial score (nSPS) is 11.5. The molecular formula is C17H14BrNO. The lowest BCUT2D eigenvalue weighted by Crippen LogP contribution is -1.85. The topological polar surface area (TPSA) is 39.2 Å². The summed E-state index contributed by atoms with van der Waals surface area (Å²) in [5.41, 5.74) is 9.92. The molecule has 0 saturated heterocycles. The highest BCUT2D eigenvalue weighted by Crippen LogP contribution is 2.33. The van der Waals surface area contributed by atoms with Crippen LogP contribution < -0.4 is 5.73 Å². The van der Waals surface area contributed by atoms with Crippen molar-refractivity contribution in [2.75, 3.05) is 5.73 Å². The van der Waals surface area contributed by atoms with Crippen LogP contribution in [0.3, 0.4) is 0 Å². The molecule has 0 spiro atoms. The number of allylic oxidation sites excluding steroid dienone is 1. The van der Waals surface area contributed by atoms with Gasteiger partial charge in [0.25, 0.3) is 0 Å². The number of halogens is 1. The zero-order chi connectivity index (χ0) is 14.1. The van der Waals surface area contributed by atoms with E-state index in [9.17, 15) is 0 Å². The molecule has 2 aromatic carbocycles. The minimum Gasteiger partial charge on any atom is -0.454 e. The van der Waals surface area contributed by atoms with Crippen LogP contribution >= 0.6 is 15.9 Å². The van der Waals surface area contributed by atoms with Gasteiger partial charge in [0.15, 0.2) is 5.76 Å². The third-order valence-corrected chi connectivity index (χ3v) is 3.72. The summed E-state index contributed by atoms with van der Waals surface area (Å²) in [7, 11) is 0. The Labute approximate surface area is 126 Å². The van der Waals surface area contributed by atoms with Crippen molar-refractivity contribution < 1.29 is 4.42 Å². The fourth-order valence-electron chi connectivity index (χ4n) is 2.26. The van der Waals surface area contributed by atoms with Crippen molar-refractivity contribution in [1.29, 1.82) is 0 Å². The maximum absolute atomic E-state index is 6.15. The maximum atomic E-state index is 6.15. The summed E-state index contributed by atoms with van der Waals surface area (Å²) in [5.74, 6) is 0.717. The molecule has 0 amide bonds. The predicted molar refractivity (Wildman–Crippen MR) is 88.5 cm³/mol.